The van der Waals surface area contributed by atoms with E-state index in [1.165, 1.54) is 29.3 Å². The van der Waals surface area contributed by atoms with Crippen molar-refractivity contribution < 1.29 is 14.3 Å². The maximum Gasteiger partial charge on any atom is 0.328 e. The number of thiophene rings is 1. The molecule has 2 heterocycles. The van der Waals surface area contributed by atoms with Crippen LogP contribution in [-0.4, -0.2) is 29.2 Å². The van der Waals surface area contributed by atoms with Crippen molar-refractivity contribution in [1.82, 2.24) is 9.55 Å². The van der Waals surface area contributed by atoms with Gasteiger partial charge in [-0.05, 0) is 31.0 Å². The highest BCUT2D eigenvalue weighted by molar-refractivity contribution is 7.17. The van der Waals surface area contributed by atoms with Gasteiger partial charge in [-0.15, -0.1) is 11.3 Å². The molecule has 26 heavy (non-hydrogen) atoms. The van der Waals surface area contributed by atoms with Crippen LogP contribution in [-0.2, 0) is 9.53 Å². The number of carbonyl (C=O) groups excluding carboxylic acids is 1. The number of fused-ring (bicyclic) bond motifs is 1. The zero-order valence-corrected chi connectivity index (χ0v) is 15.7. The Kier molecular flexibility index (Phi) is 5.37. The number of carbonyl (C=O) groups is 1. The van der Waals surface area contributed by atoms with Crippen molar-refractivity contribution in [3.8, 4) is 16.9 Å². The van der Waals surface area contributed by atoms with E-state index in [1.807, 2.05) is 29.6 Å². The Balaban J connectivity index is 2.04. The summed E-state index contributed by atoms with van der Waals surface area (Å²) >= 11 is 1.40. The molecule has 2 aromatic heterocycles. The molecule has 0 saturated carbocycles. The van der Waals surface area contributed by atoms with E-state index in [0.717, 1.165) is 23.3 Å². The van der Waals surface area contributed by atoms with Gasteiger partial charge in [-0.2, -0.15) is 0 Å². The van der Waals surface area contributed by atoms with Crippen LogP contribution in [0.4, 0.5) is 0 Å². The number of ether oxygens (including phenoxy) is 2. The third kappa shape index (κ3) is 3.35. The molecular formula is C19H20N2O4S. The van der Waals surface area contributed by atoms with Crippen molar-refractivity contribution in [3.63, 3.8) is 0 Å². The Hall–Kier alpha value is -2.67. The number of hydrogen-bond acceptors (Lipinski definition) is 6. The van der Waals surface area contributed by atoms with E-state index in [4.69, 9.17) is 9.47 Å². The fourth-order valence-corrected chi connectivity index (χ4v) is 3.58. The minimum atomic E-state index is -0.734. The van der Waals surface area contributed by atoms with Gasteiger partial charge in [0.2, 0.25) is 0 Å². The van der Waals surface area contributed by atoms with E-state index in [2.05, 4.69) is 11.9 Å². The molecule has 0 amide bonds. The molecule has 0 aliphatic carbocycles. The Labute approximate surface area is 155 Å². The molecule has 0 N–H and O–H groups in total. The van der Waals surface area contributed by atoms with E-state index in [0.29, 0.717) is 16.8 Å². The van der Waals surface area contributed by atoms with Crippen molar-refractivity contribution in [3.05, 3.63) is 46.3 Å². The molecule has 7 heteroatoms. The molecule has 6 nitrogen and oxygen atoms in total. The van der Waals surface area contributed by atoms with Crippen molar-refractivity contribution in [2.75, 3.05) is 13.7 Å². The molecule has 0 aliphatic heterocycles. The highest BCUT2D eigenvalue weighted by atomic mass is 32.1. The smallest absolute Gasteiger partial charge is 0.328 e. The number of hydrogen-bond donors (Lipinski definition) is 0. The Morgan fingerprint density at radius 1 is 1.31 bits per heavy atom. The lowest BCUT2D eigenvalue weighted by Crippen LogP contribution is -2.29. The molecule has 0 spiro atoms. The van der Waals surface area contributed by atoms with Gasteiger partial charge in [-0.1, -0.05) is 19.1 Å². The van der Waals surface area contributed by atoms with Crippen LogP contribution in [0.3, 0.4) is 0 Å². The minimum Gasteiger partial charge on any atom is -0.494 e. The van der Waals surface area contributed by atoms with Crippen LogP contribution in [0.25, 0.3) is 21.3 Å². The maximum absolute atomic E-state index is 13.0. The predicted octanol–water partition coefficient (Wildman–Crippen LogP) is 3.65. The van der Waals surface area contributed by atoms with Crippen molar-refractivity contribution in [2.24, 2.45) is 0 Å². The molecule has 3 aromatic rings. The molecule has 0 aliphatic rings. The van der Waals surface area contributed by atoms with Gasteiger partial charge >= 0.3 is 5.97 Å². The molecule has 0 fully saturated rings. The Morgan fingerprint density at radius 3 is 2.69 bits per heavy atom. The predicted molar refractivity (Wildman–Crippen MR) is 102 cm³/mol. The van der Waals surface area contributed by atoms with Crippen LogP contribution < -0.4 is 10.3 Å². The van der Waals surface area contributed by atoms with Gasteiger partial charge in [0.15, 0.2) is 0 Å². The average Bonchev–Trinajstić information content (AvgIpc) is 3.11. The first-order chi connectivity index (χ1) is 12.6. The zero-order chi connectivity index (χ0) is 18.7. The molecule has 1 atom stereocenters. The standard InChI is InChI=1S/C19H20N2O4S/c1-4-9-25-14-7-5-13(6-8-14)15-10-26-17-16(15)18(22)21(11-20-17)12(2)19(23)24-3/h5-8,10-12H,4,9H2,1-3H3/t12-/m0/s1. The van der Waals surface area contributed by atoms with Gasteiger partial charge < -0.3 is 9.47 Å². The summed E-state index contributed by atoms with van der Waals surface area (Å²) in [6.07, 6.45) is 2.34. The number of aromatic nitrogens is 2. The SMILES string of the molecule is CCCOc1ccc(-c2csc3ncn([C@@H](C)C(=O)OC)c(=O)c23)cc1. The topological polar surface area (TPSA) is 70.4 Å². The highest BCUT2D eigenvalue weighted by Gasteiger charge is 2.20. The summed E-state index contributed by atoms with van der Waals surface area (Å²) in [6, 6.07) is 6.89. The summed E-state index contributed by atoms with van der Waals surface area (Å²) in [5, 5.41) is 2.42. The lowest BCUT2D eigenvalue weighted by Gasteiger charge is -2.12. The normalized spacial score (nSPS) is 12.1. The Morgan fingerprint density at radius 2 is 2.04 bits per heavy atom. The van der Waals surface area contributed by atoms with E-state index in [1.54, 1.807) is 6.92 Å². The fourth-order valence-electron chi connectivity index (χ4n) is 2.67. The molecule has 0 unspecified atom stereocenters. The van der Waals surface area contributed by atoms with Crippen LogP contribution in [0.2, 0.25) is 0 Å². The molecule has 0 saturated heterocycles. The maximum atomic E-state index is 13.0. The van der Waals surface area contributed by atoms with Crippen molar-refractivity contribution in [2.45, 2.75) is 26.3 Å². The second-order valence-corrected chi connectivity index (χ2v) is 6.72. The molecule has 0 bridgehead atoms. The Bertz CT molecular complexity index is 975. The number of nitrogens with zero attached hydrogens (tertiary/aromatic N) is 2. The highest BCUT2D eigenvalue weighted by Crippen LogP contribution is 2.31. The first-order valence-corrected chi connectivity index (χ1v) is 9.24. The average molecular weight is 372 g/mol. The van der Waals surface area contributed by atoms with Crippen LogP contribution in [0.1, 0.15) is 26.3 Å². The van der Waals surface area contributed by atoms with E-state index in [-0.39, 0.29) is 5.56 Å². The van der Waals surface area contributed by atoms with E-state index < -0.39 is 12.0 Å². The van der Waals surface area contributed by atoms with Crippen molar-refractivity contribution in [1.29, 1.82) is 0 Å². The van der Waals surface area contributed by atoms with Crippen LogP contribution in [0, 0.1) is 0 Å². The molecule has 0 radical (unpaired) electrons. The van der Waals surface area contributed by atoms with Gasteiger partial charge in [0, 0.05) is 10.9 Å². The first kappa shape index (κ1) is 18.1. The minimum absolute atomic E-state index is 0.254. The summed E-state index contributed by atoms with van der Waals surface area (Å²) in [7, 11) is 1.30. The summed E-state index contributed by atoms with van der Waals surface area (Å²) in [5.41, 5.74) is 1.45. The lowest BCUT2D eigenvalue weighted by molar-refractivity contribution is -0.144. The van der Waals surface area contributed by atoms with Gasteiger partial charge in [0.1, 0.15) is 16.6 Å². The van der Waals surface area contributed by atoms with Gasteiger partial charge in [0.25, 0.3) is 5.56 Å². The number of benzene rings is 1. The second-order valence-electron chi connectivity index (χ2n) is 5.86. The van der Waals surface area contributed by atoms with Gasteiger partial charge in [-0.25, -0.2) is 9.78 Å². The largest absolute Gasteiger partial charge is 0.494 e. The summed E-state index contributed by atoms with van der Waals surface area (Å²) in [4.78, 5) is 29.7. The lowest BCUT2D eigenvalue weighted by atomic mass is 10.1. The summed E-state index contributed by atoms with van der Waals surface area (Å²) < 4.78 is 11.6. The van der Waals surface area contributed by atoms with Crippen LogP contribution in [0.15, 0.2) is 40.8 Å². The first-order valence-electron chi connectivity index (χ1n) is 8.36. The van der Waals surface area contributed by atoms with E-state index >= 15 is 0 Å². The fraction of sp³-hybridized carbons (Fsp3) is 0.316. The molecular weight excluding hydrogens is 352 g/mol. The third-order valence-corrected chi connectivity index (χ3v) is 5.00. The third-order valence-electron chi connectivity index (χ3n) is 4.12. The number of esters is 1. The van der Waals surface area contributed by atoms with E-state index in [9.17, 15) is 9.59 Å². The number of methoxy groups -OCH3 is 1. The van der Waals surface area contributed by atoms with Gasteiger partial charge in [0.05, 0.1) is 25.4 Å². The monoisotopic (exact) mass is 372 g/mol. The summed E-state index contributed by atoms with van der Waals surface area (Å²) in [6.45, 7) is 4.34. The van der Waals surface area contributed by atoms with Crippen molar-refractivity contribution >= 4 is 27.5 Å². The second kappa shape index (κ2) is 7.70. The quantitative estimate of drug-likeness (QED) is 0.618. The molecule has 136 valence electrons. The molecule has 1 aromatic carbocycles. The summed E-state index contributed by atoms with van der Waals surface area (Å²) in [5.74, 6) is 0.312. The van der Waals surface area contributed by atoms with Gasteiger partial charge in [-0.3, -0.25) is 9.36 Å². The van der Waals surface area contributed by atoms with Crippen LogP contribution >= 0.6 is 11.3 Å². The zero-order valence-electron chi connectivity index (χ0n) is 14.9. The molecule has 3 rings (SSSR count). The van der Waals surface area contributed by atoms with Crippen LogP contribution in [0.5, 0.6) is 5.75 Å². The number of rotatable bonds is 6.